The van der Waals surface area contributed by atoms with Crippen molar-refractivity contribution in [1.82, 2.24) is 0 Å². The number of ether oxygens (including phenoxy) is 1. The van der Waals surface area contributed by atoms with Crippen LogP contribution < -0.4 is 10.1 Å². The maximum Gasteiger partial charge on any atom is 0.198 e. The lowest BCUT2D eigenvalue weighted by molar-refractivity contribution is 0.0972. The van der Waals surface area contributed by atoms with Gasteiger partial charge in [-0.2, -0.15) is 0 Å². The number of methoxy groups -OCH3 is 1. The van der Waals surface area contributed by atoms with Crippen LogP contribution in [0.2, 0.25) is 0 Å². The van der Waals surface area contributed by atoms with E-state index < -0.39 is 6.04 Å². The third kappa shape index (κ3) is 2.49. The minimum atomic E-state index is -0.673. The lowest BCUT2D eigenvalue weighted by Gasteiger charge is -2.34. The van der Waals surface area contributed by atoms with Gasteiger partial charge in [-0.05, 0) is 30.4 Å². The van der Waals surface area contributed by atoms with Crippen LogP contribution in [-0.4, -0.2) is 42.0 Å². The molecule has 1 unspecified atom stereocenters. The molecule has 0 amide bonds. The molecular formula is C29H16N2O5. The van der Waals surface area contributed by atoms with Gasteiger partial charge in [0, 0.05) is 33.4 Å². The summed E-state index contributed by atoms with van der Waals surface area (Å²) in [5, 5.41) is 3.31. The first-order valence-electron chi connectivity index (χ1n) is 11.4. The summed E-state index contributed by atoms with van der Waals surface area (Å²) in [7, 11) is 1.46. The van der Waals surface area contributed by atoms with Crippen LogP contribution >= 0.6 is 0 Å². The molecule has 7 rings (SSSR count). The summed E-state index contributed by atoms with van der Waals surface area (Å²) in [6.07, 6.45) is 3.26. The van der Waals surface area contributed by atoms with Gasteiger partial charge in [0.15, 0.2) is 23.1 Å². The Balaban J connectivity index is 1.38. The minimum Gasteiger partial charge on any atom is -0.496 e. The normalized spacial score (nSPS) is 18.8. The molecule has 0 saturated carbocycles. The molecule has 3 aromatic rings. The molecule has 172 valence electrons. The van der Waals surface area contributed by atoms with E-state index in [-0.39, 0.29) is 45.4 Å². The van der Waals surface area contributed by atoms with Crippen molar-refractivity contribution in [3.63, 3.8) is 0 Å². The van der Waals surface area contributed by atoms with E-state index in [1.54, 1.807) is 66.7 Å². The van der Waals surface area contributed by atoms with E-state index in [9.17, 15) is 19.2 Å². The monoisotopic (exact) mass is 472 g/mol. The molecule has 36 heavy (non-hydrogen) atoms. The molecule has 1 aliphatic heterocycles. The highest BCUT2D eigenvalue weighted by molar-refractivity contribution is 6.34. The predicted molar refractivity (Wildman–Crippen MR) is 132 cm³/mol. The largest absolute Gasteiger partial charge is 0.496 e. The van der Waals surface area contributed by atoms with Crippen molar-refractivity contribution >= 4 is 40.2 Å². The fourth-order valence-corrected chi connectivity index (χ4v) is 5.45. The van der Waals surface area contributed by atoms with Gasteiger partial charge < -0.3 is 10.1 Å². The van der Waals surface area contributed by atoms with E-state index in [2.05, 4.69) is 5.32 Å². The molecule has 1 N–H and O–H groups in total. The minimum absolute atomic E-state index is 0.229. The Bertz CT molecular complexity index is 1720. The van der Waals surface area contributed by atoms with Crippen molar-refractivity contribution < 1.29 is 23.9 Å². The van der Waals surface area contributed by atoms with Gasteiger partial charge in [0.05, 0.1) is 41.4 Å². The number of ketones is 4. The first kappa shape index (κ1) is 20.5. The zero-order valence-electron chi connectivity index (χ0n) is 18.9. The SMILES string of the molecule is COc1cccc2c1C(=O)C1=C(C2=O)C2Nc3ccc4c(c3N=C2C=C1)C(=O)c1ccccc1C4=O. The molecule has 0 aromatic heterocycles. The summed E-state index contributed by atoms with van der Waals surface area (Å²) in [5.41, 5.74) is 3.74. The Hall–Kier alpha value is -4.91. The van der Waals surface area contributed by atoms with E-state index in [0.29, 0.717) is 45.1 Å². The third-order valence-electron chi connectivity index (χ3n) is 7.11. The van der Waals surface area contributed by atoms with E-state index >= 15 is 0 Å². The molecule has 0 radical (unpaired) electrons. The van der Waals surface area contributed by atoms with Crippen molar-refractivity contribution in [3.05, 3.63) is 111 Å². The smallest absolute Gasteiger partial charge is 0.198 e. The van der Waals surface area contributed by atoms with E-state index in [1.807, 2.05) is 0 Å². The molecular weight excluding hydrogens is 456 g/mol. The fourth-order valence-electron chi connectivity index (χ4n) is 5.45. The lowest BCUT2D eigenvalue weighted by Crippen LogP contribution is -2.41. The number of fused-ring (bicyclic) bond motifs is 7. The summed E-state index contributed by atoms with van der Waals surface area (Å²) in [6.45, 7) is 0. The molecule has 3 aromatic carbocycles. The molecule has 7 nitrogen and oxygen atoms in total. The Morgan fingerprint density at radius 2 is 1.44 bits per heavy atom. The second-order valence-corrected chi connectivity index (χ2v) is 8.90. The molecule has 4 aliphatic rings. The van der Waals surface area contributed by atoms with Gasteiger partial charge in [-0.3, -0.25) is 19.2 Å². The molecule has 1 heterocycles. The number of benzene rings is 3. The Morgan fingerprint density at radius 1 is 0.722 bits per heavy atom. The zero-order valence-corrected chi connectivity index (χ0v) is 18.9. The number of carbonyl (C=O) groups excluding carboxylic acids is 4. The van der Waals surface area contributed by atoms with Crippen LogP contribution in [0.25, 0.3) is 0 Å². The van der Waals surface area contributed by atoms with Crippen molar-refractivity contribution in [2.45, 2.75) is 6.04 Å². The summed E-state index contributed by atoms with van der Waals surface area (Å²) >= 11 is 0. The van der Waals surface area contributed by atoms with E-state index in [1.165, 1.54) is 7.11 Å². The quantitative estimate of drug-likeness (QED) is 0.444. The highest BCUT2D eigenvalue weighted by atomic mass is 16.5. The van der Waals surface area contributed by atoms with Crippen LogP contribution in [-0.2, 0) is 0 Å². The molecule has 0 bridgehead atoms. The van der Waals surface area contributed by atoms with Gasteiger partial charge in [-0.25, -0.2) is 4.99 Å². The molecule has 0 fully saturated rings. The number of Topliss-reactive ketones (excluding diaryl/α,β-unsaturated/α-hetero) is 2. The number of aliphatic imine (C=N–C) groups is 1. The third-order valence-corrected chi connectivity index (χ3v) is 7.11. The van der Waals surface area contributed by atoms with Crippen molar-refractivity contribution in [2.75, 3.05) is 12.4 Å². The molecule has 3 aliphatic carbocycles. The van der Waals surface area contributed by atoms with Gasteiger partial charge in [-0.1, -0.05) is 36.4 Å². The van der Waals surface area contributed by atoms with Crippen LogP contribution in [0.5, 0.6) is 5.75 Å². The standard InChI is InChI=1S/C29H16N2O5/c1-36-20-8-4-7-15-21(20)28(34)17-10-12-19-25(23(17)29(15)35)31-18-11-9-16-22(24(18)30-19)27(33)14-6-3-2-5-13(14)26(16)32/h2-12,25,31H,1H3. The van der Waals surface area contributed by atoms with Gasteiger partial charge in [0.2, 0.25) is 0 Å². The van der Waals surface area contributed by atoms with Gasteiger partial charge >= 0.3 is 0 Å². The molecule has 0 spiro atoms. The van der Waals surface area contributed by atoms with Crippen LogP contribution in [0.4, 0.5) is 11.4 Å². The number of anilines is 1. The average molecular weight is 472 g/mol. The molecule has 1 atom stereocenters. The van der Waals surface area contributed by atoms with Gasteiger partial charge in [0.1, 0.15) is 5.75 Å². The summed E-state index contributed by atoms with van der Waals surface area (Å²) in [5.74, 6) is -0.723. The number of rotatable bonds is 1. The summed E-state index contributed by atoms with van der Waals surface area (Å²) < 4.78 is 5.34. The fraction of sp³-hybridized carbons (Fsp3) is 0.0690. The molecule has 7 heteroatoms. The first-order chi connectivity index (χ1) is 17.5. The Kier molecular flexibility index (Phi) is 4.01. The van der Waals surface area contributed by atoms with Crippen molar-refractivity contribution in [3.8, 4) is 5.75 Å². The predicted octanol–water partition coefficient (Wildman–Crippen LogP) is 4.28. The maximum atomic E-state index is 13.6. The van der Waals surface area contributed by atoms with Crippen molar-refractivity contribution in [1.29, 1.82) is 0 Å². The van der Waals surface area contributed by atoms with Crippen LogP contribution in [0.15, 0.2) is 82.9 Å². The summed E-state index contributed by atoms with van der Waals surface area (Å²) in [4.78, 5) is 58.3. The number of hydrogen-bond acceptors (Lipinski definition) is 7. The Morgan fingerprint density at radius 3 is 2.22 bits per heavy atom. The van der Waals surface area contributed by atoms with Crippen LogP contribution in [0.1, 0.15) is 52.6 Å². The Labute approximate surface area is 204 Å². The zero-order chi connectivity index (χ0) is 24.7. The average Bonchev–Trinajstić information content (AvgIpc) is 2.92. The lowest BCUT2D eigenvalue weighted by atomic mass is 9.76. The summed E-state index contributed by atoms with van der Waals surface area (Å²) in [6, 6.07) is 14.3. The van der Waals surface area contributed by atoms with Gasteiger partial charge in [-0.15, -0.1) is 0 Å². The second-order valence-electron chi connectivity index (χ2n) is 8.90. The second kappa shape index (κ2) is 7.05. The highest BCUT2D eigenvalue weighted by Gasteiger charge is 2.42. The number of nitrogens with one attached hydrogen (secondary N) is 1. The number of nitrogens with zero attached hydrogens (tertiary/aromatic N) is 1. The number of carbonyl (C=O) groups is 4. The van der Waals surface area contributed by atoms with Crippen molar-refractivity contribution in [2.24, 2.45) is 4.99 Å². The first-order valence-corrected chi connectivity index (χ1v) is 11.4. The van der Waals surface area contributed by atoms with E-state index in [4.69, 9.17) is 9.73 Å². The maximum absolute atomic E-state index is 13.6. The topological polar surface area (TPSA) is 102 Å². The van der Waals surface area contributed by atoms with Gasteiger partial charge in [0.25, 0.3) is 0 Å². The number of allylic oxidation sites excluding steroid dienone is 2. The van der Waals surface area contributed by atoms with E-state index in [0.717, 1.165) is 0 Å². The highest BCUT2D eigenvalue weighted by Crippen LogP contribution is 2.44. The van der Waals surface area contributed by atoms with Crippen LogP contribution in [0, 0.1) is 0 Å². The van der Waals surface area contributed by atoms with Crippen LogP contribution in [0.3, 0.4) is 0 Å². The number of hydrogen-bond donors (Lipinski definition) is 1. The molecule has 0 saturated heterocycles.